The van der Waals surface area contributed by atoms with Crippen molar-refractivity contribution in [2.45, 2.75) is 32.7 Å². The molecular formula is C9H15NO3. The van der Waals surface area contributed by atoms with E-state index in [-0.39, 0.29) is 17.8 Å². The third-order valence-corrected chi connectivity index (χ3v) is 2.31. The van der Waals surface area contributed by atoms with Gasteiger partial charge in [-0.1, -0.05) is 13.8 Å². The van der Waals surface area contributed by atoms with Gasteiger partial charge in [-0.2, -0.15) is 0 Å². The molecule has 0 aromatic rings. The monoisotopic (exact) mass is 185 g/mol. The van der Waals surface area contributed by atoms with Crippen LogP contribution in [0.3, 0.4) is 0 Å². The van der Waals surface area contributed by atoms with E-state index in [2.05, 4.69) is 5.32 Å². The highest BCUT2D eigenvalue weighted by atomic mass is 16.5. The van der Waals surface area contributed by atoms with Gasteiger partial charge in [-0.3, -0.25) is 4.79 Å². The molecule has 0 aliphatic carbocycles. The second kappa shape index (κ2) is 4.25. The molecule has 0 saturated carbocycles. The molecular weight excluding hydrogens is 170 g/mol. The summed E-state index contributed by atoms with van der Waals surface area (Å²) < 4.78 is 4.73. The lowest BCUT2D eigenvalue weighted by molar-refractivity contribution is -0.141. The summed E-state index contributed by atoms with van der Waals surface area (Å²) in [6, 6.07) is -0.415. The topological polar surface area (TPSA) is 55.4 Å². The summed E-state index contributed by atoms with van der Waals surface area (Å²) in [7, 11) is 0. The Bertz CT molecular complexity index is 215. The Hall–Kier alpha value is -1.06. The second-order valence-corrected chi connectivity index (χ2v) is 3.33. The molecule has 0 spiro atoms. The minimum absolute atomic E-state index is 0.0339. The highest BCUT2D eigenvalue weighted by Gasteiger charge is 2.28. The molecule has 1 saturated heterocycles. The molecule has 4 nitrogen and oxygen atoms in total. The molecule has 0 bridgehead atoms. The van der Waals surface area contributed by atoms with Crippen molar-refractivity contribution in [3.8, 4) is 0 Å². The fourth-order valence-corrected chi connectivity index (χ4v) is 1.13. The van der Waals surface area contributed by atoms with Crippen molar-refractivity contribution >= 4 is 11.9 Å². The van der Waals surface area contributed by atoms with Gasteiger partial charge < -0.3 is 10.1 Å². The number of cyclic esters (lactones) is 1. The molecule has 0 radical (unpaired) electrons. The van der Waals surface area contributed by atoms with E-state index < -0.39 is 6.04 Å². The van der Waals surface area contributed by atoms with Gasteiger partial charge in [-0.15, -0.1) is 0 Å². The first-order valence-corrected chi connectivity index (χ1v) is 4.62. The zero-order valence-corrected chi connectivity index (χ0v) is 8.00. The van der Waals surface area contributed by atoms with Crippen LogP contribution in [0.1, 0.15) is 26.7 Å². The lowest BCUT2D eigenvalue weighted by atomic mass is 10.1. The fraction of sp³-hybridized carbons (Fsp3) is 0.778. The molecule has 0 aromatic heterocycles. The molecule has 2 atom stereocenters. The number of hydrogen-bond acceptors (Lipinski definition) is 3. The number of carbonyl (C=O) groups is 2. The number of rotatable bonds is 3. The van der Waals surface area contributed by atoms with Gasteiger partial charge >= 0.3 is 5.97 Å². The summed E-state index contributed by atoms with van der Waals surface area (Å²) in [4.78, 5) is 22.3. The van der Waals surface area contributed by atoms with Crippen LogP contribution in [0.15, 0.2) is 0 Å². The van der Waals surface area contributed by atoms with Crippen molar-refractivity contribution in [2.24, 2.45) is 5.92 Å². The van der Waals surface area contributed by atoms with E-state index in [1.165, 1.54) is 0 Å². The minimum Gasteiger partial charge on any atom is -0.464 e. The molecule has 1 aliphatic rings. The third-order valence-electron chi connectivity index (χ3n) is 2.31. The summed E-state index contributed by atoms with van der Waals surface area (Å²) in [5, 5.41) is 2.67. The van der Waals surface area contributed by atoms with E-state index in [1.54, 1.807) is 0 Å². The Morgan fingerprint density at radius 2 is 2.46 bits per heavy atom. The first kappa shape index (κ1) is 10.0. The first-order chi connectivity index (χ1) is 6.15. The van der Waals surface area contributed by atoms with E-state index in [9.17, 15) is 9.59 Å². The van der Waals surface area contributed by atoms with Crippen molar-refractivity contribution in [3.05, 3.63) is 0 Å². The summed E-state index contributed by atoms with van der Waals surface area (Å²) in [5.74, 6) is -0.406. The number of nitrogens with one attached hydrogen (secondary N) is 1. The predicted molar refractivity (Wildman–Crippen MR) is 47.0 cm³/mol. The summed E-state index contributed by atoms with van der Waals surface area (Å²) >= 11 is 0. The van der Waals surface area contributed by atoms with Crippen molar-refractivity contribution in [3.63, 3.8) is 0 Å². The molecule has 13 heavy (non-hydrogen) atoms. The van der Waals surface area contributed by atoms with Gasteiger partial charge in [-0.25, -0.2) is 4.79 Å². The highest BCUT2D eigenvalue weighted by molar-refractivity contribution is 5.86. The highest BCUT2D eigenvalue weighted by Crippen LogP contribution is 2.08. The van der Waals surface area contributed by atoms with E-state index in [4.69, 9.17) is 4.74 Å². The Kier molecular flexibility index (Phi) is 3.28. The lowest BCUT2D eigenvalue weighted by Crippen LogP contribution is -2.40. The normalized spacial score (nSPS) is 23.8. The quantitative estimate of drug-likeness (QED) is 0.650. The van der Waals surface area contributed by atoms with Crippen LogP contribution in [0, 0.1) is 5.92 Å². The van der Waals surface area contributed by atoms with Gasteiger partial charge in [0.1, 0.15) is 6.04 Å². The molecule has 1 N–H and O–H groups in total. The average Bonchev–Trinajstić information content (AvgIpc) is 2.50. The molecule has 2 unspecified atom stereocenters. The zero-order valence-electron chi connectivity index (χ0n) is 8.00. The van der Waals surface area contributed by atoms with Gasteiger partial charge in [0, 0.05) is 12.3 Å². The van der Waals surface area contributed by atoms with Crippen molar-refractivity contribution in [2.75, 3.05) is 6.61 Å². The van der Waals surface area contributed by atoms with Crippen molar-refractivity contribution < 1.29 is 14.3 Å². The number of esters is 1. The van der Waals surface area contributed by atoms with Crippen LogP contribution in [0.5, 0.6) is 0 Å². The van der Waals surface area contributed by atoms with Crippen molar-refractivity contribution in [1.29, 1.82) is 0 Å². The summed E-state index contributed by atoms with van der Waals surface area (Å²) in [6.45, 7) is 4.21. The predicted octanol–water partition coefficient (Wildman–Crippen LogP) is 0.464. The zero-order chi connectivity index (χ0) is 9.84. The maximum atomic E-state index is 11.4. The van der Waals surface area contributed by atoms with Crippen molar-refractivity contribution in [1.82, 2.24) is 5.32 Å². The van der Waals surface area contributed by atoms with Gasteiger partial charge in [0.15, 0.2) is 0 Å². The Labute approximate surface area is 77.6 Å². The van der Waals surface area contributed by atoms with E-state index in [0.29, 0.717) is 13.0 Å². The van der Waals surface area contributed by atoms with Gasteiger partial charge in [0.2, 0.25) is 5.91 Å². The number of hydrogen-bond donors (Lipinski definition) is 1. The minimum atomic E-state index is -0.415. The van der Waals surface area contributed by atoms with E-state index in [0.717, 1.165) is 6.42 Å². The molecule has 0 aromatic carbocycles. The molecule has 74 valence electrons. The SMILES string of the molecule is CCC(C)C(=O)NC1CCOC1=O. The van der Waals surface area contributed by atoms with Crippen LogP contribution in [0.2, 0.25) is 0 Å². The van der Waals surface area contributed by atoms with Crippen LogP contribution in [0.25, 0.3) is 0 Å². The molecule has 1 heterocycles. The smallest absolute Gasteiger partial charge is 0.328 e. The Morgan fingerprint density at radius 3 is 2.92 bits per heavy atom. The Morgan fingerprint density at radius 1 is 1.77 bits per heavy atom. The number of carbonyl (C=O) groups excluding carboxylic acids is 2. The lowest BCUT2D eigenvalue weighted by Gasteiger charge is -2.12. The summed E-state index contributed by atoms with van der Waals surface area (Å²) in [5.41, 5.74) is 0. The number of ether oxygens (including phenoxy) is 1. The summed E-state index contributed by atoms with van der Waals surface area (Å²) in [6.07, 6.45) is 1.38. The molecule has 4 heteroatoms. The van der Waals surface area contributed by atoms with Gasteiger partial charge in [0.25, 0.3) is 0 Å². The molecule has 1 rings (SSSR count). The van der Waals surface area contributed by atoms with E-state index >= 15 is 0 Å². The molecule has 1 fully saturated rings. The van der Waals surface area contributed by atoms with E-state index in [1.807, 2.05) is 13.8 Å². The van der Waals surface area contributed by atoms with Crippen LogP contribution >= 0.6 is 0 Å². The van der Waals surface area contributed by atoms with Crippen LogP contribution < -0.4 is 5.32 Å². The maximum Gasteiger partial charge on any atom is 0.328 e. The standard InChI is InChI=1S/C9H15NO3/c1-3-6(2)8(11)10-7-4-5-13-9(7)12/h6-7H,3-5H2,1-2H3,(H,10,11). The van der Waals surface area contributed by atoms with Gasteiger partial charge in [-0.05, 0) is 6.42 Å². The van der Waals surface area contributed by atoms with Crippen LogP contribution in [0.4, 0.5) is 0 Å². The molecule has 1 aliphatic heterocycles. The average molecular weight is 185 g/mol. The largest absolute Gasteiger partial charge is 0.464 e. The first-order valence-electron chi connectivity index (χ1n) is 4.62. The van der Waals surface area contributed by atoms with Crippen LogP contribution in [-0.2, 0) is 14.3 Å². The second-order valence-electron chi connectivity index (χ2n) is 3.33. The molecule has 1 amide bonds. The van der Waals surface area contributed by atoms with Crippen LogP contribution in [-0.4, -0.2) is 24.5 Å². The number of amides is 1. The fourth-order valence-electron chi connectivity index (χ4n) is 1.13. The maximum absolute atomic E-state index is 11.4. The Balaban J connectivity index is 2.39. The third kappa shape index (κ3) is 2.44. The van der Waals surface area contributed by atoms with Gasteiger partial charge in [0.05, 0.1) is 6.61 Å².